The third-order valence-electron chi connectivity index (χ3n) is 8.28. The molecule has 42 heavy (non-hydrogen) atoms. The third kappa shape index (κ3) is 31.3. The largest absolute Gasteiger partial charge is 0.480 e. The number of carbonyl (C=O) groups is 3. The zero-order valence-electron chi connectivity index (χ0n) is 27.9. The van der Waals surface area contributed by atoms with E-state index in [1.54, 1.807) is 0 Å². The van der Waals surface area contributed by atoms with Crippen molar-refractivity contribution in [3.8, 4) is 0 Å². The second-order valence-corrected chi connectivity index (χ2v) is 12.5. The highest BCUT2D eigenvalue weighted by atomic mass is 16.5. The fourth-order valence-corrected chi connectivity index (χ4v) is 5.57. The van der Waals surface area contributed by atoms with Gasteiger partial charge in [-0.1, -0.05) is 149 Å². The first kappa shape index (κ1) is 40.4. The fourth-order valence-electron chi connectivity index (χ4n) is 5.57. The number of hydrogen-bond acceptors (Lipinski definition) is 4. The Balaban J connectivity index is 4.11. The van der Waals surface area contributed by atoms with E-state index in [1.165, 1.54) is 109 Å². The van der Waals surface area contributed by atoms with Gasteiger partial charge in [-0.2, -0.15) is 0 Å². The molecule has 0 radical (unpaired) electrons. The molecule has 6 nitrogen and oxygen atoms in total. The van der Waals surface area contributed by atoms with Crippen LogP contribution < -0.4 is 5.32 Å². The van der Waals surface area contributed by atoms with Gasteiger partial charge in [0, 0.05) is 12.8 Å². The smallest absolute Gasteiger partial charge is 0.322 e. The molecule has 0 aliphatic rings. The van der Waals surface area contributed by atoms with Crippen molar-refractivity contribution in [1.82, 2.24) is 5.32 Å². The lowest BCUT2D eigenvalue weighted by Crippen LogP contribution is -2.28. The lowest BCUT2D eigenvalue weighted by molar-refractivity contribution is -0.150. The molecule has 248 valence electrons. The van der Waals surface area contributed by atoms with Crippen molar-refractivity contribution in [2.75, 3.05) is 6.54 Å². The van der Waals surface area contributed by atoms with Crippen LogP contribution in [0.5, 0.6) is 0 Å². The molecular formula is C36H69NO5. The zero-order valence-corrected chi connectivity index (χ0v) is 27.9. The Hall–Kier alpha value is -1.59. The van der Waals surface area contributed by atoms with Gasteiger partial charge < -0.3 is 15.2 Å². The van der Waals surface area contributed by atoms with E-state index in [-0.39, 0.29) is 24.5 Å². The summed E-state index contributed by atoms with van der Waals surface area (Å²) in [5, 5.41) is 11.0. The SMILES string of the molecule is CCCCCCCCCCCCCCCC(CCCCCCCC(=O)NCC(=O)O)OC(=O)CCCCCCCCC. The van der Waals surface area contributed by atoms with Crippen LogP contribution in [0.2, 0.25) is 0 Å². The highest BCUT2D eigenvalue weighted by Crippen LogP contribution is 2.19. The first-order chi connectivity index (χ1) is 20.5. The minimum absolute atomic E-state index is 0.0179. The fraction of sp³-hybridized carbons (Fsp3) is 0.917. The van der Waals surface area contributed by atoms with E-state index in [2.05, 4.69) is 19.2 Å². The first-order valence-corrected chi connectivity index (χ1v) is 18.2. The monoisotopic (exact) mass is 596 g/mol. The molecule has 2 N–H and O–H groups in total. The number of unbranched alkanes of at least 4 members (excludes halogenated alkanes) is 22. The topological polar surface area (TPSA) is 92.7 Å². The van der Waals surface area contributed by atoms with Gasteiger partial charge in [-0.15, -0.1) is 0 Å². The molecule has 0 aromatic heterocycles. The van der Waals surface area contributed by atoms with Gasteiger partial charge in [-0.3, -0.25) is 14.4 Å². The molecule has 0 aromatic rings. The molecule has 0 heterocycles. The zero-order chi connectivity index (χ0) is 30.9. The van der Waals surface area contributed by atoms with Crippen LogP contribution in [0.15, 0.2) is 0 Å². The second kappa shape index (κ2) is 32.3. The van der Waals surface area contributed by atoms with Crippen molar-refractivity contribution < 1.29 is 24.2 Å². The van der Waals surface area contributed by atoms with Gasteiger partial charge in [-0.05, 0) is 38.5 Å². The highest BCUT2D eigenvalue weighted by Gasteiger charge is 2.14. The summed E-state index contributed by atoms with van der Waals surface area (Å²) in [4.78, 5) is 34.7. The Kier molecular flexibility index (Phi) is 31.1. The Morgan fingerprint density at radius 3 is 1.29 bits per heavy atom. The number of amides is 1. The summed E-state index contributed by atoms with van der Waals surface area (Å²) in [6.45, 7) is 4.20. The number of esters is 1. The van der Waals surface area contributed by atoms with E-state index in [0.29, 0.717) is 12.8 Å². The summed E-state index contributed by atoms with van der Waals surface area (Å²) in [5.41, 5.74) is 0. The maximum absolute atomic E-state index is 12.6. The lowest BCUT2D eigenvalue weighted by atomic mass is 10.0. The summed E-state index contributed by atoms with van der Waals surface area (Å²) in [7, 11) is 0. The molecule has 0 fully saturated rings. The van der Waals surface area contributed by atoms with Crippen molar-refractivity contribution in [3.05, 3.63) is 0 Å². The molecule has 0 aliphatic carbocycles. The minimum atomic E-state index is -1.01. The second-order valence-electron chi connectivity index (χ2n) is 12.5. The molecule has 0 rings (SSSR count). The molecule has 6 heteroatoms. The van der Waals surface area contributed by atoms with Gasteiger partial charge in [0.15, 0.2) is 0 Å². The van der Waals surface area contributed by atoms with Crippen LogP contribution in [0.1, 0.15) is 200 Å². The summed E-state index contributed by atoms with van der Waals surface area (Å²) < 4.78 is 5.97. The Labute approximate surface area is 259 Å². The molecule has 0 saturated heterocycles. The molecule has 1 atom stereocenters. The van der Waals surface area contributed by atoms with Crippen LogP contribution >= 0.6 is 0 Å². The van der Waals surface area contributed by atoms with Gasteiger partial charge in [0.05, 0.1) is 0 Å². The highest BCUT2D eigenvalue weighted by molar-refractivity contribution is 5.80. The Morgan fingerprint density at radius 1 is 0.524 bits per heavy atom. The molecule has 1 amide bonds. The van der Waals surface area contributed by atoms with Crippen molar-refractivity contribution in [2.24, 2.45) is 0 Å². The number of carboxylic acid groups (broad SMARTS) is 1. The number of nitrogens with one attached hydrogen (secondary N) is 1. The molecule has 0 bridgehead atoms. The van der Waals surface area contributed by atoms with Gasteiger partial charge in [0.2, 0.25) is 5.91 Å². The Bertz CT molecular complexity index is 624. The van der Waals surface area contributed by atoms with Crippen LogP contribution in [0, 0.1) is 0 Å². The van der Waals surface area contributed by atoms with E-state index in [1.807, 2.05) is 0 Å². The number of ether oxygens (including phenoxy) is 1. The quantitative estimate of drug-likeness (QED) is 0.0581. The molecule has 0 aliphatic heterocycles. The number of rotatable bonds is 33. The van der Waals surface area contributed by atoms with Crippen LogP contribution in [-0.2, 0) is 19.1 Å². The normalized spacial score (nSPS) is 11.9. The number of carbonyl (C=O) groups excluding carboxylic acids is 2. The van der Waals surface area contributed by atoms with Gasteiger partial charge >= 0.3 is 11.9 Å². The van der Waals surface area contributed by atoms with E-state index in [0.717, 1.165) is 64.2 Å². The van der Waals surface area contributed by atoms with Crippen molar-refractivity contribution in [3.63, 3.8) is 0 Å². The predicted octanol–water partition coefficient (Wildman–Crippen LogP) is 10.5. The maximum Gasteiger partial charge on any atom is 0.322 e. The van der Waals surface area contributed by atoms with E-state index < -0.39 is 5.97 Å². The van der Waals surface area contributed by atoms with Crippen molar-refractivity contribution in [1.29, 1.82) is 0 Å². The first-order valence-electron chi connectivity index (χ1n) is 18.2. The van der Waals surface area contributed by atoms with Crippen LogP contribution in [0.4, 0.5) is 0 Å². The summed E-state index contributed by atoms with van der Waals surface area (Å²) in [6, 6.07) is 0. The van der Waals surface area contributed by atoms with Gasteiger partial charge in [0.1, 0.15) is 12.6 Å². The Morgan fingerprint density at radius 2 is 0.881 bits per heavy atom. The average Bonchev–Trinajstić information content (AvgIpc) is 2.97. The standard InChI is InChI=1S/C36H69NO5/c1-3-5-7-9-11-12-13-14-15-16-18-20-24-28-33(42-36(41)31-27-23-17-10-8-6-4-2)29-25-21-19-22-26-30-34(38)37-32-35(39)40/h33H,3-32H2,1-2H3,(H,37,38)(H,39,40). The molecule has 0 saturated carbocycles. The van der Waals surface area contributed by atoms with Gasteiger partial charge in [-0.25, -0.2) is 0 Å². The van der Waals surface area contributed by atoms with Crippen LogP contribution in [0.25, 0.3) is 0 Å². The molecule has 0 aromatic carbocycles. The lowest BCUT2D eigenvalue weighted by Gasteiger charge is -2.18. The summed E-state index contributed by atoms with van der Waals surface area (Å²) in [6.07, 6.45) is 33.6. The van der Waals surface area contributed by atoms with E-state index in [4.69, 9.17) is 9.84 Å². The van der Waals surface area contributed by atoms with E-state index in [9.17, 15) is 14.4 Å². The van der Waals surface area contributed by atoms with E-state index >= 15 is 0 Å². The summed E-state index contributed by atoms with van der Waals surface area (Å²) >= 11 is 0. The molecular weight excluding hydrogens is 526 g/mol. The molecule has 1 unspecified atom stereocenters. The predicted molar refractivity (Wildman–Crippen MR) is 176 cm³/mol. The minimum Gasteiger partial charge on any atom is -0.480 e. The van der Waals surface area contributed by atoms with Crippen LogP contribution in [0.3, 0.4) is 0 Å². The van der Waals surface area contributed by atoms with Crippen molar-refractivity contribution >= 4 is 17.8 Å². The van der Waals surface area contributed by atoms with Crippen LogP contribution in [-0.4, -0.2) is 35.6 Å². The number of aliphatic carboxylic acids is 1. The number of hydrogen-bond donors (Lipinski definition) is 2. The van der Waals surface area contributed by atoms with Gasteiger partial charge in [0.25, 0.3) is 0 Å². The maximum atomic E-state index is 12.6. The van der Waals surface area contributed by atoms with Crippen molar-refractivity contribution in [2.45, 2.75) is 206 Å². The molecule has 0 spiro atoms. The number of carboxylic acids is 1. The average molecular weight is 596 g/mol. The third-order valence-corrected chi connectivity index (χ3v) is 8.28. The summed E-state index contributed by atoms with van der Waals surface area (Å²) in [5.74, 6) is -1.22.